The molecule has 0 amide bonds. The molecule has 6 heteroatoms. The molecule has 5 nitrogen and oxygen atoms in total. The number of hydrogen-bond donors (Lipinski definition) is 3. The summed E-state index contributed by atoms with van der Waals surface area (Å²) in [6.45, 7) is 0. The zero-order chi connectivity index (χ0) is 7.78. The fourth-order valence-electron chi connectivity index (χ4n) is 0.554. The van der Waals surface area contributed by atoms with Gasteiger partial charge >= 0.3 is 0 Å². The Hall–Kier alpha value is -0.560. The van der Waals surface area contributed by atoms with Gasteiger partial charge in [0.1, 0.15) is 0 Å². The molecule has 1 aromatic heterocycles. The molecule has 0 fully saturated rings. The zero-order valence-electron chi connectivity index (χ0n) is 5.43. The van der Waals surface area contributed by atoms with Gasteiger partial charge < -0.3 is 0 Å². The summed E-state index contributed by atoms with van der Waals surface area (Å²) < 4.78 is 19.1. The Labute approximate surface area is 59.9 Å². The highest BCUT2D eigenvalue weighted by atomic mass is 32.3. The van der Waals surface area contributed by atoms with Crippen LogP contribution in [-0.4, -0.2) is 18.9 Å². The van der Waals surface area contributed by atoms with Crippen molar-refractivity contribution in [1.29, 1.82) is 0 Å². The SMILES string of the molecule is Cn1ccc(S(N)(O)O)n1. The van der Waals surface area contributed by atoms with Crippen LogP contribution in [0.3, 0.4) is 0 Å². The van der Waals surface area contributed by atoms with Crippen LogP contribution in [0.1, 0.15) is 0 Å². The van der Waals surface area contributed by atoms with E-state index in [4.69, 9.17) is 14.2 Å². The highest BCUT2D eigenvalue weighted by Crippen LogP contribution is 2.37. The molecule has 0 atom stereocenters. The molecule has 0 saturated heterocycles. The van der Waals surface area contributed by atoms with Crippen LogP contribution in [-0.2, 0) is 7.05 Å². The number of hydrogen-bond acceptors (Lipinski definition) is 4. The highest BCUT2D eigenvalue weighted by molar-refractivity contribution is 8.22. The van der Waals surface area contributed by atoms with Gasteiger partial charge in [0.25, 0.3) is 0 Å². The van der Waals surface area contributed by atoms with E-state index in [0.717, 1.165) is 0 Å². The van der Waals surface area contributed by atoms with Gasteiger partial charge in [0.2, 0.25) is 0 Å². The Balaban J connectivity index is 2.96. The summed E-state index contributed by atoms with van der Waals surface area (Å²) in [4.78, 5) is 0. The summed E-state index contributed by atoms with van der Waals surface area (Å²) >= 11 is 0. The average molecular weight is 163 g/mol. The summed E-state index contributed by atoms with van der Waals surface area (Å²) in [6, 6.07) is 1.47. The van der Waals surface area contributed by atoms with E-state index in [9.17, 15) is 0 Å². The molecular weight excluding hydrogens is 154 g/mol. The molecule has 1 heterocycles. The molecule has 1 rings (SSSR count). The largest absolute Gasteiger partial charge is 0.280 e. The molecule has 0 saturated carbocycles. The molecule has 10 heavy (non-hydrogen) atoms. The Morgan fingerprint density at radius 2 is 2.30 bits per heavy atom. The van der Waals surface area contributed by atoms with Crippen LogP contribution in [0.4, 0.5) is 0 Å². The third-order valence-corrected chi connectivity index (χ3v) is 1.83. The fraction of sp³-hybridized carbons (Fsp3) is 0.250. The third kappa shape index (κ3) is 1.48. The lowest BCUT2D eigenvalue weighted by atomic mass is 10.7. The van der Waals surface area contributed by atoms with Crippen LogP contribution in [0.25, 0.3) is 0 Å². The molecule has 58 valence electrons. The van der Waals surface area contributed by atoms with Gasteiger partial charge in [-0.2, -0.15) is 5.10 Å². The van der Waals surface area contributed by atoms with Gasteiger partial charge in [-0.3, -0.25) is 13.8 Å². The molecule has 4 N–H and O–H groups in total. The van der Waals surface area contributed by atoms with Crippen LogP contribution >= 0.6 is 10.8 Å². The Bertz CT molecular complexity index is 229. The second-order valence-electron chi connectivity index (χ2n) is 1.92. The smallest absolute Gasteiger partial charge is 0.184 e. The van der Waals surface area contributed by atoms with E-state index in [1.807, 2.05) is 0 Å². The summed E-state index contributed by atoms with van der Waals surface area (Å²) in [7, 11) is -1.44. The number of nitrogens with two attached hydrogens (primary N) is 1. The predicted octanol–water partition coefficient (Wildman–Crippen LogP) is 0.403. The van der Waals surface area contributed by atoms with Gasteiger partial charge in [-0.05, 0) is 0 Å². The van der Waals surface area contributed by atoms with Gasteiger partial charge in [0.15, 0.2) is 5.03 Å². The first kappa shape index (κ1) is 7.55. The van der Waals surface area contributed by atoms with Crippen LogP contribution < -0.4 is 5.14 Å². The molecule has 0 aliphatic carbocycles. The number of aromatic nitrogens is 2. The fourth-order valence-corrected chi connectivity index (χ4v) is 1.06. The summed E-state index contributed by atoms with van der Waals surface area (Å²) in [6.07, 6.45) is 1.59. The second-order valence-corrected chi connectivity index (χ2v) is 3.52. The molecule has 0 aromatic carbocycles. The first-order valence-corrected chi connectivity index (χ1v) is 4.17. The van der Waals surface area contributed by atoms with Gasteiger partial charge in [-0.15, -0.1) is 0 Å². The standard InChI is InChI=1S/C4H9N3O2S/c1-7-3-2-4(6-7)10(5,8)9/h2-3,8-9H,5H2,1H3. The van der Waals surface area contributed by atoms with Crippen molar-refractivity contribution in [2.45, 2.75) is 5.03 Å². The minimum Gasteiger partial charge on any atom is -0.280 e. The third-order valence-electron chi connectivity index (χ3n) is 0.997. The lowest BCUT2D eigenvalue weighted by molar-refractivity contribution is 0.482. The van der Waals surface area contributed by atoms with Crippen molar-refractivity contribution >= 4 is 10.8 Å². The number of rotatable bonds is 1. The zero-order valence-corrected chi connectivity index (χ0v) is 6.25. The van der Waals surface area contributed by atoms with E-state index >= 15 is 0 Å². The second kappa shape index (κ2) is 2.24. The molecule has 1 aromatic rings. The lowest BCUT2D eigenvalue weighted by Crippen LogP contribution is -2.09. The summed E-state index contributed by atoms with van der Waals surface area (Å²) in [5.74, 6) is 0. The minimum absolute atomic E-state index is 0.120. The molecule has 0 aliphatic rings. The topological polar surface area (TPSA) is 84.3 Å². The van der Waals surface area contributed by atoms with Crippen LogP contribution in [0.15, 0.2) is 17.3 Å². The van der Waals surface area contributed by atoms with Gasteiger partial charge in [0.05, 0.1) is 0 Å². The van der Waals surface area contributed by atoms with Crippen molar-refractivity contribution in [2.24, 2.45) is 12.2 Å². The van der Waals surface area contributed by atoms with E-state index in [0.29, 0.717) is 0 Å². The Morgan fingerprint density at radius 1 is 1.70 bits per heavy atom. The van der Waals surface area contributed by atoms with Crippen molar-refractivity contribution in [1.82, 2.24) is 9.78 Å². The maximum atomic E-state index is 8.84. The van der Waals surface area contributed by atoms with E-state index in [-0.39, 0.29) is 5.03 Å². The maximum Gasteiger partial charge on any atom is 0.184 e. The van der Waals surface area contributed by atoms with Gasteiger partial charge in [-0.25, -0.2) is 5.14 Å². The molecule has 0 unspecified atom stereocenters. The van der Waals surface area contributed by atoms with Crippen LogP contribution in [0.5, 0.6) is 0 Å². The van der Waals surface area contributed by atoms with E-state index < -0.39 is 10.8 Å². The summed E-state index contributed by atoms with van der Waals surface area (Å²) in [5, 5.41) is 8.82. The van der Waals surface area contributed by atoms with Crippen molar-refractivity contribution in [3.05, 3.63) is 12.3 Å². The van der Waals surface area contributed by atoms with Gasteiger partial charge in [-0.1, -0.05) is 10.8 Å². The monoisotopic (exact) mass is 163 g/mol. The van der Waals surface area contributed by atoms with Crippen LogP contribution in [0.2, 0.25) is 0 Å². The molecule has 0 bridgehead atoms. The predicted molar refractivity (Wildman–Crippen MR) is 38.5 cm³/mol. The van der Waals surface area contributed by atoms with Crippen molar-refractivity contribution in [3.63, 3.8) is 0 Å². The van der Waals surface area contributed by atoms with E-state index in [1.165, 1.54) is 10.7 Å². The van der Waals surface area contributed by atoms with E-state index in [1.54, 1.807) is 13.2 Å². The molecule has 0 spiro atoms. The minimum atomic E-state index is -3.11. The quantitative estimate of drug-likeness (QED) is 0.559. The van der Waals surface area contributed by atoms with Crippen LogP contribution in [0, 0.1) is 0 Å². The highest BCUT2D eigenvalue weighted by Gasteiger charge is 2.10. The average Bonchev–Trinajstić information content (AvgIpc) is 2.11. The first-order valence-electron chi connectivity index (χ1n) is 2.56. The first-order chi connectivity index (χ1) is 4.50. The van der Waals surface area contributed by atoms with Crippen molar-refractivity contribution in [2.75, 3.05) is 0 Å². The van der Waals surface area contributed by atoms with E-state index in [2.05, 4.69) is 5.10 Å². The van der Waals surface area contributed by atoms with Crippen molar-refractivity contribution in [3.8, 4) is 0 Å². The molecule has 0 radical (unpaired) electrons. The Kier molecular flexibility index (Phi) is 1.69. The lowest BCUT2D eigenvalue weighted by Gasteiger charge is -2.22. The normalized spacial score (nSPS) is 13.6. The molecular formula is C4H9N3O2S. The summed E-state index contributed by atoms with van der Waals surface area (Å²) in [5.41, 5.74) is 0. The Morgan fingerprint density at radius 3 is 2.50 bits per heavy atom. The van der Waals surface area contributed by atoms with Gasteiger partial charge in [0, 0.05) is 19.3 Å². The number of aryl methyl sites for hydroxylation is 1. The maximum absolute atomic E-state index is 8.84. The number of nitrogens with zero attached hydrogens (tertiary/aromatic N) is 2. The molecule has 0 aliphatic heterocycles. The van der Waals surface area contributed by atoms with Crippen molar-refractivity contribution < 1.29 is 9.11 Å².